The SMILES string of the molecule is COc1cc(C(=O)Nc2ccc(-c3cn4ccsc4n3)cc2)on1. The number of hydrogen-bond donors (Lipinski definition) is 1. The van der Waals surface area contributed by atoms with Crippen molar-refractivity contribution in [2.75, 3.05) is 12.4 Å². The second-order valence-electron chi connectivity index (χ2n) is 4.98. The Hall–Kier alpha value is -3.13. The van der Waals surface area contributed by atoms with E-state index in [0.717, 1.165) is 16.2 Å². The Bertz CT molecular complexity index is 971. The number of methoxy groups -OCH3 is 1. The van der Waals surface area contributed by atoms with E-state index in [9.17, 15) is 4.79 Å². The molecule has 3 aromatic heterocycles. The third kappa shape index (κ3) is 2.63. The largest absolute Gasteiger partial charge is 0.479 e. The number of benzene rings is 1. The van der Waals surface area contributed by atoms with Crippen LogP contribution in [0, 0.1) is 0 Å². The topological polar surface area (TPSA) is 81.7 Å². The number of carbonyl (C=O) groups is 1. The molecule has 24 heavy (non-hydrogen) atoms. The molecule has 0 aliphatic carbocycles. The maximum absolute atomic E-state index is 12.1. The summed E-state index contributed by atoms with van der Waals surface area (Å²) >= 11 is 1.58. The monoisotopic (exact) mass is 340 g/mol. The highest BCUT2D eigenvalue weighted by atomic mass is 32.1. The van der Waals surface area contributed by atoms with Gasteiger partial charge in [-0.2, -0.15) is 0 Å². The summed E-state index contributed by atoms with van der Waals surface area (Å²) in [5.41, 5.74) is 2.52. The van der Waals surface area contributed by atoms with Gasteiger partial charge < -0.3 is 14.6 Å². The summed E-state index contributed by atoms with van der Waals surface area (Å²) in [6.07, 6.45) is 3.94. The number of rotatable bonds is 4. The third-order valence-corrected chi connectivity index (χ3v) is 4.22. The van der Waals surface area contributed by atoms with E-state index < -0.39 is 0 Å². The summed E-state index contributed by atoms with van der Waals surface area (Å²) in [5.74, 6) is -0.0402. The number of thiazole rings is 1. The summed E-state index contributed by atoms with van der Waals surface area (Å²) in [5, 5.41) is 8.33. The minimum absolute atomic E-state index is 0.0882. The lowest BCUT2D eigenvalue weighted by atomic mass is 10.1. The van der Waals surface area contributed by atoms with E-state index in [1.54, 1.807) is 11.3 Å². The second kappa shape index (κ2) is 5.82. The molecule has 1 amide bonds. The van der Waals surface area contributed by atoms with Gasteiger partial charge in [0.05, 0.1) is 18.9 Å². The van der Waals surface area contributed by atoms with Gasteiger partial charge in [-0.05, 0) is 17.3 Å². The highest BCUT2D eigenvalue weighted by Gasteiger charge is 2.13. The van der Waals surface area contributed by atoms with E-state index in [-0.39, 0.29) is 17.5 Å². The fourth-order valence-corrected chi connectivity index (χ4v) is 2.95. The fourth-order valence-electron chi connectivity index (χ4n) is 2.25. The predicted octanol–water partition coefficient (Wildman–Crippen LogP) is 3.31. The maximum atomic E-state index is 12.1. The van der Waals surface area contributed by atoms with Crippen molar-refractivity contribution in [1.82, 2.24) is 14.5 Å². The van der Waals surface area contributed by atoms with Crippen molar-refractivity contribution in [1.29, 1.82) is 0 Å². The van der Waals surface area contributed by atoms with Crippen molar-refractivity contribution in [2.45, 2.75) is 0 Å². The van der Waals surface area contributed by atoms with E-state index in [2.05, 4.69) is 15.5 Å². The van der Waals surface area contributed by atoms with Crippen molar-refractivity contribution in [3.05, 3.63) is 53.9 Å². The molecule has 120 valence electrons. The molecule has 0 bridgehead atoms. The molecule has 7 nitrogen and oxygen atoms in total. The van der Waals surface area contributed by atoms with Crippen LogP contribution in [0.3, 0.4) is 0 Å². The summed E-state index contributed by atoms with van der Waals surface area (Å²) < 4.78 is 11.8. The van der Waals surface area contributed by atoms with Gasteiger partial charge in [0.1, 0.15) is 0 Å². The first-order chi connectivity index (χ1) is 11.7. The zero-order chi connectivity index (χ0) is 16.5. The van der Waals surface area contributed by atoms with Gasteiger partial charge in [0.2, 0.25) is 5.76 Å². The molecule has 0 aliphatic rings. The highest BCUT2D eigenvalue weighted by Crippen LogP contribution is 2.23. The van der Waals surface area contributed by atoms with Crippen LogP contribution in [0.15, 0.2) is 52.6 Å². The molecule has 0 saturated heterocycles. The van der Waals surface area contributed by atoms with Crippen LogP contribution in [0.1, 0.15) is 10.6 Å². The lowest BCUT2D eigenvalue weighted by Crippen LogP contribution is -2.10. The van der Waals surface area contributed by atoms with Crippen LogP contribution in [0.25, 0.3) is 16.2 Å². The highest BCUT2D eigenvalue weighted by molar-refractivity contribution is 7.15. The van der Waals surface area contributed by atoms with Gasteiger partial charge >= 0.3 is 0 Å². The van der Waals surface area contributed by atoms with Crippen LogP contribution in [-0.2, 0) is 0 Å². The maximum Gasteiger partial charge on any atom is 0.294 e. The molecule has 0 fully saturated rings. The molecule has 0 spiro atoms. The quantitative estimate of drug-likeness (QED) is 0.616. The molecule has 0 radical (unpaired) electrons. The molecule has 4 aromatic rings. The molecule has 8 heteroatoms. The van der Waals surface area contributed by atoms with Crippen molar-refractivity contribution in [3.63, 3.8) is 0 Å². The predicted molar refractivity (Wildman–Crippen MR) is 89.5 cm³/mol. The first kappa shape index (κ1) is 14.5. The molecular weight excluding hydrogens is 328 g/mol. The van der Waals surface area contributed by atoms with Crippen LogP contribution in [0.5, 0.6) is 5.88 Å². The van der Waals surface area contributed by atoms with Crippen molar-refractivity contribution < 1.29 is 14.1 Å². The number of nitrogens with one attached hydrogen (secondary N) is 1. The number of carbonyl (C=O) groups excluding carboxylic acids is 1. The Kier molecular flexibility index (Phi) is 3.51. The normalized spacial score (nSPS) is 10.9. The second-order valence-corrected chi connectivity index (χ2v) is 5.86. The van der Waals surface area contributed by atoms with Crippen molar-refractivity contribution in [2.24, 2.45) is 0 Å². The van der Waals surface area contributed by atoms with Gasteiger partial charge in [-0.1, -0.05) is 12.1 Å². The van der Waals surface area contributed by atoms with Crippen LogP contribution in [0.2, 0.25) is 0 Å². The number of fused-ring (bicyclic) bond motifs is 1. The zero-order valence-electron chi connectivity index (χ0n) is 12.6. The van der Waals surface area contributed by atoms with E-state index in [4.69, 9.17) is 9.26 Å². The fraction of sp³-hybridized carbons (Fsp3) is 0.0625. The standard InChI is InChI=1S/C16H12N4O3S/c1-22-14-8-13(23-19-14)15(21)17-11-4-2-10(3-5-11)12-9-20-6-7-24-16(20)18-12/h2-9H,1H3,(H,17,21). The summed E-state index contributed by atoms with van der Waals surface area (Å²) in [7, 11) is 1.46. The van der Waals surface area contributed by atoms with Crippen LogP contribution < -0.4 is 10.1 Å². The van der Waals surface area contributed by atoms with Crippen LogP contribution >= 0.6 is 11.3 Å². The number of amides is 1. The molecule has 0 unspecified atom stereocenters. The number of hydrogen-bond acceptors (Lipinski definition) is 6. The van der Waals surface area contributed by atoms with E-state index >= 15 is 0 Å². The number of aromatic nitrogens is 3. The Labute approximate surface area is 140 Å². The van der Waals surface area contributed by atoms with Gasteiger partial charge in [0, 0.05) is 29.0 Å². The lowest BCUT2D eigenvalue weighted by molar-refractivity contribution is 0.0987. The first-order valence-corrected chi connectivity index (χ1v) is 7.95. The molecule has 4 rings (SSSR count). The Morgan fingerprint density at radius 1 is 1.33 bits per heavy atom. The van der Waals surface area contributed by atoms with Crippen LogP contribution in [-0.4, -0.2) is 27.6 Å². The average molecular weight is 340 g/mol. The lowest BCUT2D eigenvalue weighted by Gasteiger charge is -2.03. The molecule has 1 aromatic carbocycles. The Morgan fingerprint density at radius 3 is 2.88 bits per heavy atom. The first-order valence-electron chi connectivity index (χ1n) is 7.07. The number of nitrogens with zero attached hydrogens (tertiary/aromatic N) is 3. The molecule has 0 atom stereocenters. The third-order valence-electron chi connectivity index (χ3n) is 3.45. The Balaban J connectivity index is 1.51. The van der Waals surface area contributed by atoms with E-state index in [0.29, 0.717) is 5.69 Å². The van der Waals surface area contributed by atoms with Crippen LogP contribution in [0.4, 0.5) is 5.69 Å². The van der Waals surface area contributed by atoms with E-state index in [1.807, 2.05) is 46.4 Å². The molecule has 1 N–H and O–H groups in total. The van der Waals surface area contributed by atoms with Crippen molar-refractivity contribution >= 4 is 27.9 Å². The summed E-state index contributed by atoms with van der Waals surface area (Å²) in [4.78, 5) is 17.6. The van der Waals surface area contributed by atoms with Gasteiger partial charge in [-0.25, -0.2) is 4.98 Å². The number of ether oxygens (including phenoxy) is 1. The summed E-state index contributed by atoms with van der Waals surface area (Å²) in [6.45, 7) is 0. The minimum Gasteiger partial charge on any atom is -0.479 e. The molecular formula is C16H12N4O3S. The number of anilines is 1. The van der Waals surface area contributed by atoms with Gasteiger partial charge in [-0.3, -0.25) is 9.20 Å². The minimum atomic E-state index is -0.388. The smallest absolute Gasteiger partial charge is 0.294 e. The van der Waals surface area contributed by atoms with Crippen molar-refractivity contribution in [3.8, 4) is 17.1 Å². The Morgan fingerprint density at radius 2 is 2.17 bits per heavy atom. The van der Waals surface area contributed by atoms with E-state index in [1.165, 1.54) is 13.2 Å². The average Bonchev–Trinajstić information content (AvgIpc) is 3.31. The number of imidazole rings is 1. The van der Waals surface area contributed by atoms with Gasteiger partial charge in [-0.15, -0.1) is 11.3 Å². The molecule has 0 aliphatic heterocycles. The summed E-state index contributed by atoms with van der Waals surface area (Å²) in [6, 6.07) is 8.87. The molecule has 0 saturated carbocycles. The van der Waals surface area contributed by atoms with Gasteiger partial charge in [0.25, 0.3) is 11.8 Å². The molecule has 3 heterocycles. The van der Waals surface area contributed by atoms with Gasteiger partial charge in [0.15, 0.2) is 4.96 Å². The zero-order valence-corrected chi connectivity index (χ0v) is 13.4.